The molecule has 27 heavy (non-hydrogen) atoms. The molecule has 3 N–H and O–H groups in total. The van der Waals surface area contributed by atoms with E-state index in [9.17, 15) is 9.90 Å². The number of aryl methyl sites for hydroxylation is 1. The second kappa shape index (κ2) is 6.85. The highest BCUT2D eigenvalue weighted by Gasteiger charge is 2.37. The third-order valence-electron chi connectivity index (χ3n) is 5.01. The van der Waals surface area contributed by atoms with Crippen LogP contribution in [0.4, 0.5) is 0 Å². The summed E-state index contributed by atoms with van der Waals surface area (Å²) in [5.74, 6) is 0.399. The van der Waals surface area contributed by atoms with E-state index in [2.05, 4.69) is 4.98 Å². The smallest absolute Gasteiger partial charge is 0.324 e. The van der Waals surface area contributed by atoms with Crippen molar-refractivity contribution in [2.24, 2.45) is 5.73 Å². The fourth-order valence-electron chi connectivity index (χ4n) is 3.46. The van der Waals surface area contributed by atoms with Gasteiger partial charge in [-0.1, -0.05) is 24.3 Å². The molecule has 0 amide bonds. The van der Waals surface area contributed by atoms with Gasteiger partial charge in [0.15, 0.2) is 0 Å². The lowest BCUT2D eigenvalue weighted by Gasteiger charge is -2.31. The molecule has 5 heteroatoms. The number of pyridine rings is 1. The van der Waals surface area contributed by atoms with Crippen LogP contribution < -0.4 is 10.5 Å². The van der Waals surface area contributed by atoms with E-state index in [1.807, 2.05) is 60.7 Å². The van der Waals surface area contributed by atoms with E-state index in [0.717, 1.165) is 22.4 Å². The lowest BCUT2D eigenvalue weighted by atomic mass is 9.78. The fourth-order valence-corrected chi connectivity index (χ4v) is 3.46. The van der Waals surface area contributed by atoms with Crippen LogP contribution in [0.5, 0.6) is 11.5 Å². The molecule has 1 unspecified atom stereocenters. The third-order valence-corrected chi connectivity index (χ3v) is 5.01. The molecule has 136 valence electrons. The van der Waals surface area contributed by atoms with Crippen LogP contribution in [-0.4, -0.2) is 21.6 Å². The maximum atomic E-state index is 11.5. The van der Waals surface area contributed by atoms with Crippen molar-refractivity contribution in [3.8, 4) is 22.8 Å². The molecule has 0 spiro atoms. The van der Waals surface area contributed by atoms with Gasteiger partial charge in [-0.2, -0.15) is 0 Å². The van der Waals surface area contributed by atoms with Crippen LogP contribution in [0.25, 0.3) is 11.3 Å². The monoisotopic (exact) mass is 360 g/mol. The molecule has 0 saturated heterocycles. The quantitative estimate of drug-likeness (QED) is 0.739. The Morgan fingerprint density at radius 1 is 1.07 bits per heavy atom. The molecular formula is C22H20N2O3. The summed E-state index contributed by atoms with van der Waals surface area (Å²) in [4.78, 5) is 15.9. The van der Waals surface area contributed by atoms with Crippen LogP contribution >= 0.6 is 0 Å². The number of benzene rings is 2. The fraction of sp³-hybridized carbons (Fsp3) is 0.182. The first-order valence-corrected chi connectivity index (χ1v) is 8.87. The molecule has 1 atom stereocenters. The van der Waals surface area contributed by atoms with Crippen molar-refractivity contribution in [2.75, 3.05) is 0 Å². The van der Waals surface area contributed by atoms with Crippen LogP contribution in [0.1, 0.15) is 17.5 Å². The summed E-state index contributed by atoms with van der Waals surface area (Å²) in [5, 5.41) is 9.43. The number of hydrogen-bond acceptors (Lipinski definition) is 4. The number of carboxylic acid groups (broad SMARTS) is 1. The van der Waals surface area contributed by atoms with E-state index in [4.69, 9.17) is 10.5 Å². The normalized spacial score (nSPS) is 18.6. The van der Waals surface area contributed by atoms with E-state index in [1.54, 1.807) is 6.20 Å². The molecular weight excluding hydrogens is 340 g/mol. The van der Waals surface area contributed by atoms with Crippen molar-refractivity contribution in [1.29, 1.82) is 0 Å². The van der Waals surface area contributed by atoms with Gasteiger partial charge in [0.1, 0.15) is 17.0 Å². The molecule has 0 aliphatic heterocycles. The predicted molar refractivity (Wildman–Crippen MR) is 103 cm³/mol. The molecule has 1 aromatic heterocycles. The van der Waals surface area contributed by atoms with Gasteiger partial charge in [0.25, 0.3) is 0 Å². The Hall–Kier alpha value is -3.18. The van der Waals surface area contributed by atoms with Crippen molar-refractivity contribution in [3.05, 3.63) is 78.0 Å². The number of aliphatic carboxylic acids is 1. The van der Waals surface area contributed by atoms with E-state index in [0.29, 0.717) is 30.8 Å². The van der Waals surface area contributed by atoms with Crippen LogP contribution in [0.2, 0.25) is 0 Å². The van der Waals surface area contributed by atoms with Crippen molar-refractivity contribution in [3.63, 3.8) is 0 Å². The lowest BCUT2D eigenvalue weighted by molar-refractivity contribution is -0.143. The Morgan fingerprint density at radius 2 is 1.89 bits per heavy atom. The van der Waals surface area contributed by atoms with Gasteiger partial charge in [0.2, 0.25) is 0 Å². The largest absolute Gasteiger partial charge is 0.480 e. The first kappa shape index (κ1) is 17.2. The number of rotatable bonds is 4. The van der Waals surface area contributed by atoms with Gasteiger partial charge < -0.3 is 15.6 Å². The highest BCUT2D eigenvalue weighted by molar-refractivity contribution is 5.79. The zero-order chi connectivity index (χ0) is 18.9. The van der Waals surface area contributed by atoms with Crippen LogP contribution in [0.15, 0.2) is 66.9 Å². The van der Waals surface area contributed by atoms with Gasteiger partial charge in [-0.25, -0.2) is 0 Å². The highest BCUT2D eigenvalue weighted by Crippen LogP contribution is 2.35. The number of nitrogens with two attached hydrogens (primary N) is 1. The number of carboxylic acids is 1. The second-order valence-electron chi connectivity index (χ2n) is 6.88. The summed E-state index contributed by atoms with van der Waals surface area (Å²) >= 11 is 0. The number of hydrogen-bond donors (Lipinski definition) is 2. The Morgan fingerprint density at radius 3 is 2.67 bits per heavy atom. The van der Waals surface area contributed by atoms with E-state index in [1.165, 1.54) is 0 Å². The number of fused-ring (bicyclic) bond motifs is 1. The van der Waals surface area contributed by atoms with Crippen LogP contribution in [0, 0.1) is 0 Å². The van der Waals surface area contributed by atoms with Crippen LogP contribution in [-0.2, 0) is 17.6 Å². The highest BCUT2D eigenvalue weighted by atomic mass is 16.5. The average Bonchev–Trinajstić information content (AvgIpc) is 2.69. The van der Waals surface area contributed by atoms with E-state index in [-0.39, 0.29) is 0 Å². The molecule has 1 heterocycles. The van der Waals surface area contributed by atoms with Gasteiger partial charge >= 0.3 is 5.97 Å². The van der Waals surface area contributed by atoms with Gasteiger partial charge in [-0.05, 0) is 60.4 Å². The zero-order valence-electron chi connectivity index (χ0n) is 14.8. The summed E-state index contributed by atoms with van der Waals surface area (Å²) in [6, 6.07) is 19.3. The standard InChI is InChI=1S/C22H20N2O3/c23-22(21(25)26)11-10-15-8-9-17(13-16(15)14-22)27-20-7-2-1-5-18(20)19-6-3-4-12-24-19/h1-9,12-13H,10-11,14,23H2,(H,25,26). The summed E-state index contributed by atoms with van der Waals surface area (Å²) in [6.07, 6.45) is 3.15. The summed E-state index contributed by atoms with van der Waals surface area (Å²) in [7, 11) is 0. The SMILES string of the molecule is NC1(C(=O)O)CCc2ccc(Oc3ccccc3-c3ccccn3)cc2C1. The predicted octanol–water partition coefficient (Wildman–Crippen LogP) is 3.81. The average molecular weight is 360 g/mol. The summed E-state index contributed by atoms with van der Waals surface area (Å²) in [6.45, 7) is 0. The molecule has 0 bridgehead atoms. The minimum absolute atomic E-state index is 0.302. The molecule has 4 rings (SSSR count). The van der Waals surface area contributed by atoms with E-state index < -0.39 is 11.5 Å². The topological polar surface area (TPSA) is 85.4 Å². The minimum Gasteiger partial charge on any atom is -0.480 e. The third kappa shape index (κ3) is 3.41. The maximum Gasteiger partial charge on any atom is 0.324 e. The summed E-state index contributed by atoms with van der Waals surface area (Å²) < 4.78 is 6.13. The Bertz CT molecular complexity index is 988. The first-order valence-electron chi connectivity index (χ1n) is 8.87. The van der Waals surface area contributed by atoms with E-state index >= 15 is 0 Å². The minimum atomic E-state index is -1.21. The number of para-hydroxylation sites is 1. The van der Waals surface area contributed by atoms with Crippen molar-refractivity contribution < 1.29 is 14.6 Å². The molecule has 0 saturated carbocycles. The number of ether oxygens (including phenoxy) is 1. The maximum absolute atomic E-state index is 11.5. The van der Waals surface area contributed by atoms with Crippen molar-refractivity contribution in [1.82, 2.24) is 4.98 Å². The molecule has 0 fully saturated rings. The number of carbonyl (C=O) groups is 1. The molecule has 5 nitrogen and oxygen atoms in total. The van der Waals surface area contributed by atoms with Gasteiger partial charge in [0, 0.05) is 18.2 Å². The molecule has 1 aliphatic carbocycles. The molecule has 3 aromatic rings. The van der Waals surface area contributed by atoms with Gasteiger partial charge in [0.05, 0.1) is 5.69 Å². The van der Waals surface area contributed by atoms with Gasteiger partial charge in [-0.3, -0.25) is 9.78 Å². The number of nitrogens with zero attached hydrogens (tertiary/aromatic N) is 1. The van der Waals surface area contributed by atoms with Crippen molar-refractivity contribution >= 4 is 5.97 Å². The Labute approximate surface area is 157 Å². The molecule has 0 radical (unpaired) electrons. The first-order chi connectivity index (χ1) is 13.0. The van der Waals surface area contributed by atoms with Crippen LogP contribution in [0.3, 0.4) is 0 Å². The molecule has 2 aromatic carbocycles. The second-order valence-corrected chi connectivity index (χ2v) is 6.88. The molecule has 1 aliphatic rings. The van der Waals surface area contributed by atoms with Gasteiger partial charge in [-0.15, -0.1) is 0 Å². The summed E-state index contributed by atoms with van der Waals surface area (Å²) in [5.41, 5.74) is 8.65. The Balaban J connectivity index is 1.65. The zero-order valence-corrected chi connectivity index (χ0v) is 14.8. The van der Waals surface area contributed by atoms with Crippen molar-refractivity contribution in [2.45, 2.75) is 24.8 Å². The number of aromatic nitrogens is 1. The Kier molecular flexibility index (Phi) is 4.38. The lowest BCUT2D eigenvalue weighted by Crippen LogP contribution is -2.52.